The third kappa shape index (κ3) is 2.15. The van der Waals surface area contributed by atoms with Gasteiger partial charge in [-0.3, -0.25) is 4.99 Å². The van der Waals surface area contributed by atoms with Crippen LogP contribution in [0.25, 0.3) is 0 Å². The van der Waals surface area contributed by atoms with Crippen LogP contribution in [0.1, 0.15) is 13.8 Å². The maximum atomic E-state index is 9.40. The minimum Gasteiger partial charge on any atom is -0.478 e. The first kappa shape index (κ1) is 10.4. The van der Waals surface area contributed by atoms with Crippen LogP contribution < -0.4 is 16.0 Å². The third-order valence-corrected chi connectivity index (χ3v) is 1.52. The Morgan fingerprint density at radius 1 is 1.64 bits per heavy atom. The molecule has 0 atom stereocenters. The molecule has 0 spiro atoms. The van der Waals surface area contributed by atoms with Gasteiger partial charge in [-0.25, -0.2) is 0 Å². The van der Waals surface area contributed by atoms with Crippen LogP contribution >= 0.6 is 0 Å². The van der Waals surface area contributed by atoms with E-state index in [1.165, 1.54) is 6.07 Å². The molecule has 0 saturated heterocycles. The molecule has 0 aromatic carbocycles. The fourth-order valence-corrected chi connectivity index (χ4v) is 0.978. The molecule has 6 nitrogen and oxygen atoms in total. The average Bonchev–Trinajstić information content (AvgIpc) is 2.14. The fourth-order valence-electron chi connectivity index (χ4n) is 0.978. The quantitative estimate of drug-likeness (QED) is 0.670. The highest BCUT2D eigenvalue weighted by Gasteiger charge is 2.02. The zero-order valence-corrected chi connectivity index (χ0v) is 8.27. The molecule has 0 amide bonds. The Labute approximate surface area is 81.6 Å². The summed E-state index contributed by atoms with van der Waals surface area (Å²) in [5.41, 5.74) is 5.78. The predicted molar refractivity (Wildman–Crippen MR) is 51.1 cm³/mol. The van der Waals surface area contributed by atoms with Gasteiger partial charge in [0.1, 0.15) is 0 Å². The monoisotopic (exact) mass is 198 g/mol. The maximum Gasteiger partial charge on any atom is 0.239 e. The molecule has 0 aliphatic carbocycles. The van der Waals surface area contributed by atoms with Crippen molar-refractivity contribution in [2.75, 3.05) is 18.9 Å². The first-order valence-corrected chi connectivity index (χ1v) is 4.41. The van der Waals surface area contributed by atoms with Gasteiger partial charge in [-0.2, -0.15) is 4.98 Å². The molecule has 14 heavy (non-hydrogen) atoms. The molecular weight excluding hydrogens is 184 g/mol. The zero-order valence-electron chi connectivity index (χ0n) is 8.27. The number of nitrogen functional groups attached to an aromatic ring is 1. The summed E-state index contributed by atoms with van der Waals surface area (Å²) < 4.78 is 5.88. The Morgan fingerprint density at radius 3 is 2.93 bits per heavy atom. The standard InChI is InChI=1S/C8H14N4O2/c1-3-10-6-5-7(14-4-2)11-8(9)12(6)13/h5,13H,3-4H2,1-2H3,(H2,9,11). The van der Waals surface area contributed by atoms with Crippen LogP contribution in [0.4, 0.5) is 5.95 Å². The van der Waals surface area contributed by atoms with E-state index in [4.69, 9.17) is 10.5 Å². The topological polar surface area (TPSA) is 85.7 Å². The molecule has 1 aromatic heterocycles. The van der Waals surface area contributed by atoms with Crippen LogP contribution in [0.2, 0.25) is 0 Å². The Balaban J connectivity index is 3.21. The van der Waals surface area contributed by atoms with Gasteiger partial charge < -0.3 is 15.7 Å². The second-order valence-electron chi connectivity index (χ2n) is 2.53. The van der Waals surface area contributed by atoms with Crippen LogP contribution in [0.3, 0.4) is 0 Å². The summed E-state index contributed by atoms with van der Waals surface area (Å²) in [5.74, 6) is 0.325. The number of aromatic nitrogens is 2. The molecule has 0 saturated carbocycles. The predicted octanol–water partition coefficient (Wildman–Crippen LogP) is 0.0219. The molecule has 0 unspecified atom stereocenters. The number of hydrogen-bond acceptors (Lipinski definition) is 5. The van der Waals surface area contributed by atoms with Crippen molar-refractivity contribution >= 4 is 5.95 Å². The SMILES string of the molecule is CCN=c1cc(OCC)nc(N)n1O. The number of hydrogen-bond donors (Lipinski definition) is 2. The lowest BCUT2D eigenvalue weighted by molar-refractivity contribution is 0.172. The van der Waals surface area contributed by atoms with E-state index in [2.05, 4.69) is 9.98 Å². The highest BCUT2D eigenvalue weighted by atomic mass is 16.5. The van der Waals surface area contributed by atoms with Crippen LogP contribution in [0.15, 0.2) is 11.1 Å². The van der Waals surface area contributed by atoms with E-state index in [0.717, 1.165) is 4.73 Å². The largest absolute Gasteiger partial charge is 0.478 e. The summed E-state index contributed by atoms with van der Waals surface area (Å²) >= 11 is 0. The van der Waals surface area contributed by atoms with Crippen LogP contribution in [0.5, 0.6) is 5.88 Å². The van der Waals surface area contributed by atoms with Gasteiger partial charge >= 0.3 is 0 Å². The summed E-state index contributed by atoms with van der Waals surface area (Å²) in [7, 11) is 0. The average molecular weight is 198 g/mol. The van der Waals surface area contributed by atoms with E-state index in [1.807, 2.05) is 13.8 Å². The van der Waals surface area contributed by atoms with Crippen molar-refractivity contribution < 1.29 is 9.94 Å². The fraction of sp³-hybridized carbons (Fsp3) is 0.500. The lowest BCUT2D eigenvalue weighted by Crippen LogP contribution is -2.23. The molecule has 6 heteroatoms. The summed E-state index contributed by atoms with van der Waals surface area (Å²) in [6.45, 7) is 4.74. The van der Waals surface area contributed by atoms with Gasteiger partial charge in [-0.1, -0.05) is 0 Å². The van der Waals surface area contributed by atoms with Gasteiger partial charge in [0.2, 0.25) is 11.8 Å². The van der Waals surface area contributed by atoms with Gasteiger partial charge in [0.15, 0.2) is 5.49 Å². The Hall–Kier alpha value is -1.72. The van der Waals surface area contributed by atoms with E-state index in [1.54, 1.807) is 0 Å². The van der Waals surface area contributed by atoms with Crippen molar-refractivity contribution in [3.05, 3.63) is 11.6 Å². The molecule has 1 rings (SSSR count). The number of anilines is 1. The second kappa shape index (κ2) is 4.50. The summed E-state index contributed by atoms with van der Waals surface area (Å²) in [6.07, 6.45) is 0. The maximum absolute atomic E-state index is 9.40. The molecule has 0 aliphatic heterocycles. The van der Waals surface area contributed by atoms with Crippen molar-refractivity contribution in [3.8, 4) is 5.88 Å². The zero-order chi connectivity index (χ0) is 10.6. The molecule has 0 radical (unpaired) electrons. The lowest BCUT2D eigenvalue weighted by Gasteiger charge is -2.05. The highest BCUT2D eigenvalue weighted by molar-refractivity contribution is 5.21. The van der Waals surface area contributed by atoms with Crippen molar-refractivity contribution in [1.29, 1.82) is 0 Å². The lowest BCUT2D eigenvalue weighted by atomic mass is 10.6. The molecule has 0 bridgehead atoms. The molecule has 0 aliphatic rings. The number of nitrogens with zero attached hydrogens (tertiary/aromatic N) is 3. The Bertz CT molecular complexity index is 372. The van der Waals surface area contributed by atoms with Gasteiger partial charge in [0.05, 0.1) is 6.61 Å². The third-order valence-electron chi connectivity index (χ3n) is 1.52. The number of ether oxygens (including phenoxy) is 1. The highest BCUT2D eigenvalue weighted by Crippen LogP contribution is 2.03. The van der Waals surface area contributed by atoms with Crippen molar-refractivity contribution in [3.63, 3.8) is 0 Å². The summed E-state index contributed by atoms with van der Waals surface area (Å²) in [6, 6.07) is 1.53. The number of rotatable bonds is 3. The number of nitrogens with two attached hydrogens (primary N) is 1. The summed E-state index contributed by atoms with van der Waals surface area (Å²) in [4.78, 5) is 7.84. The van der Waals surface area contributed by atoms with Crippen molar-refractivity contribution in [2.24, 2.45) is 4.99 Å². The summed E-state index contributed by atoms with van der Waals surface area (Å²) in [5, 5.41) is 9.40. The Kier molecular flexibility index (Phi) is 3.33. The van der Waals surface area contributed by atoms with Gasteiger partial charge in [0.25, 0.3) is 0 Å². The van der Waals surface area contributed by atoms with Crippen molar-refractivity contribution in [1.82, 2.24) is 9.71 Å². The van der Waals surface area contributed by atoms with E-state index >= 15 is 0 Å². The van der Waals surface area contributed by atoms with E-state index < -0.39 is 0 Å². The van der Waals surface area contributed by atoms with Crippen LogP contribution in [-0.4, -0.2) is 28.1 Å². The molecule has 0 fully saturated rings. The first-order valence-electron chi connectivity index (χ1n) is 4.41. The minimum atomic E-state index is -0.0387. The van der Waals surface area contributed by atoms with Crippen molar-refractivity contribution in [2.45, 2.75) is 13.8 Å². The minimum absolute atomic E-state index is 0.0387. The molecule has 78 valence electrons. The molecule has 1 aromatic rings. The van der Waals surface area contributed by atoms with Gasteiger partial charge in [-0.15, -0.1) is 4.73 Å². The molecule has 1 heterocycles. The second-order valence-corrected chi connectivity index (χ2v) is 2.53. The van der Waals surface area contributed by atoms with E-state index in [-0.39, 0.29) is 5.95 Å². The smallest absolute Gasteiger partial charge is 0.239 e. The molecular formula is C8H14N4O2. The van der Waals surface area contributed by atoms with Crippen LogP contribution in [-0.2, 0) is 0 Å². The molecule has 3 N–H and O–H groups in total. The van der Waals surface area contributed by atoms with E-state index in [0.29, 0.717) is 24.5 Å². The normalized spacial score (nSPS) is 11.7. The Morgan fingerprint density at radius 2 is 2.36 bits per heavy atom. The van der Waals surface area contributed by atoms with E-state index in [9.17, 15) is 5.21 Å². The van der Waals surface area contributed by atoms with Crippen LogP contribution in [0, 0.1) is 0 Å². The van der Waals surface area contributed by atoms with Gasteiger partial charge in [-0.05, 0) is 13.8 Å². The first-order chi connectivity index (χ1) is 6.69. The van der Waals surface area contributed by atoms with Gasteiger partial charge in [0, 0.05) is 12.6 Å².